The van der Waals surface area contributed by atoms with Gasteiger partial charge in [-0.1, -0.05) is 140 Å². The number of hydrogen-bond acceptors (Lipinski definition) is 2. The molecule has 2 heteroatoms. The van der Waals surface area contributed by atoms with Gasteiger partial charge in [0.1, 0.15) is 11.2 Å². The van der Waals surface area contributed by atoms with E-state index in [1.807, 2.05) is 0 Å². The summed E-state index contributed by atoms with van der Waals surface area (Å²) in [6.07, 6.45) is 9.87. The predicted molar refractivity (Wildman–Crippen MR) is 220 cm³/mol. The Morgan fingerprint density at radius 1 is 0.481 bits per heavy atom. The molecule has 0 saturated carbocycles. The molecule has 0 amide bonds. The van der Waals surface area contributed by atoms with E-state index in [0.717, 1.165) is 61.9 Å². The van der Waals surface area contributed by atoms with Crippen LogP contribution in [0, 0.1) is 0 Å². The van der Waals surface area contributed by atoms with Crippen molar-refractivity contribution < 1.29 is 4.42 Å². The van der Waals surface area contributed by atoms with Gasteiger partial charge in [-0.05, 0) is 99.4 Å². The maximum atomic E-state index is 6.50. The van der Waals surface area contributed by atoms with Crippen LogP contribution in [0.25, 0.3) is 65.7 Å². The highest BCUT2D eigenvalue weighted by Crippen LogP contribution is 2.44. The Hall–Kier alpha value is -6.64. The highest BCUT2D eigenvalue weighted by atomic mass is 16.3. The summed E-state index contributed by atoms with van der Waals surface area (Å²) < 4.78 is 6.50. The number of fused-ring (bicyclic) bond motifs is 6. The molecule has 1 aliphatic carbocycles. The summed E-state index contributed by atoms with van der Waals surface area (Å²) in [5.41, 5.74) is 11.2. The van der Waals surface area contributed by atoms with Gasteiger partial charge in [0.15, 0.2) is 0 Å². The van der Waals surface area contributed by atoms with Gasteiger partial charge in [-0.15, -0.1) is 0 Å². The van der Waals surface area contributed by atoms with Crippen LogP contribution in [0.5, 0.6) is 0 Å². The first-order valence-electron chi connectivity index (χ1n) is 18.0. The molecule has 9 aromatic rings. The van der Waals surface area contributed by atoms with E-state index in [1.165, 1.54) is 32.8 Å². The maximum absolute atomic E-state index is 6.50. The molecule has 0 spiro atoms. The first-order valence-corrected chi connectivity index (χ1v) is 18.0. The van der Waals surface area contributed by atoms with Crippen LogP contribution in [-0.4, -0.2) is 0 Å². The van der Waals surface area contributed by atoms with Crippen LogP contribution in [-0.2, 0) is 0 Å². The number of rotatable bonds is 6. The molecule has 1 unspecified atom stereocenters. The van der Waals surface area contributed by atoms with Gasteiger partial charge in [-0.2, -0.15) is 0 Å². The Morgan fingerprint density at radius 3 is 2.13 bits per heavy atom. The summed E-state index contributed by atoms with van der Waals surface area (Å²) in [6, 6.07) is 61.6. The molecule has 10 rings (SSSR count). The summed E-state index contributed by atoms with van der Waals surface area (Å²) in [4.78, 5) is 2.41. The van der Waals surface area contributed by atoms with Gasteiger partial charge >= 0.3 is 0 Å². The van der Waals surface area contributed by atoms with Crippen molar-refractivity contribution in [2.75, 3.05) is 4.90 Å². The second kappa shape index (κ2) is 12.6. The lowest BCUT2D eigenvalue weighted by atomic mass is 9.92. The van der Waals surface area contributed by atoms with Crippen LogP contribution in [0.4, 0.5) is 17.1 Å². The van der Waals surface area contributed by atoms with Crippen molar-refractivity contribution in [3.05, 3.63) is 200 Å². The Labute approximate surface area is 303 Å². The van der Waals surface area contributed by atoms with E-state index in [1.54, 1.807) is 0 Å². The van der Waals surface area contributed by atoms with Crippen molar-refractivity contribution in [1.82, 2.24) is 0 Å². The topological polar surface area (TPSA) is 16.4 Å². The van der Waals surface area contributed by atoms with Gasteiger partial charge in [-0.25, -0.2) is 0 Å². The molecule has 1 atom stereocenters. The second-order valence-corrected chi connectivity index (χ2v) is 13.7. The number of anilines is 3. The first kappa shape index (κ1) is 30.2. The van der Waals surface area contributed by atoms with Crippen molar-refractivity contribution >= 4 is 60.5 Å². The van der Waals surface area contributed by atoms with Crippen molar-refractivity contribution in [2.24, 2.45) is 0 Å². The van der Waals surface area contributed by atoms with E-state index in [-0.39, 0.29) is 0 Å². The molecule has 0 N–H and O–H groups in total. The molecule has 2 nitrogen and oxygen atoms in total. The van der Waals surface area contributed by atoms with Gasteiger partial charge in [0.05, 0.1) is 5.69 Å². The Balaban J connectivity index is 1.13. The highest BCUT2D eigenvalue weighted by molar-refractivity contribution is 6.15. The smallest absolute Gasteiger partial charge is 0.143 e. The monoisotopic (exact) mass is 665 g/mol. The third kappa shape index (κ3) is 5.28. The molecule has 246 valence electrons. The van der Waals surface area contributed by atoms with Crippen molar-refractivity contribution in [3.8, 4) is 22.3 Å². The summed E-state index contributed by atoms with van der Waals surface area (Å²) in [5.74, 6) is 0.393. The minimum Gasteiger partial charge on any atom is -0.455 e. The summed E-state index contributed by atoms with van der Waals surface area (Å²) in [6.45, 7) is 0. The second-order valence-electron chi connectivity index (χ2n) is 13.7. The number of furan rings is 1. The number of allylic oxidation sites excluding steroid dienone is 4. The number of para-hydroxylation sites is 1. The minimum atomic E-state index is 0.393. The van der Waals surface area contributed by atoms with Crippen molar-refractivity contribution in [2.45, 2.75) is 12.3 Å². The van der Waals surface area contributed by atoms with E-state index < -0.39 is 0 Å². The van der Waals surface area contributed by atoms with Gasteiger partial charge < -0.3 is 9.32 Å². The molecule has 1 aromatic heterocycles. The fourth-order valence-electron chi connectivity index (χ4n) is 7.90. The average Bonchev–Trinajstić information content (AvgIpc) is 3.60. The third-order valence-corrected chi connectivity index (χ3v) is 10.6. The number of hydrogen-bond donors (Lipinski definition) is 0. The lowest BCUT2D eigenvalue weighted by Crippen LogP contribution is -2.11. The van der Waals surface area contributed by atoms with Gasteiger partial charge in [0.2, 0.25) is 0 Å². The SMILES string of the molecule is C1=CCC(c2ccc(N(c3cccc(-c4ccc5ccccc5c4)c3)c3ccccc3-c3ccc4oc5c6ccccc6ccc5c4c3)cc2)C=C1. The highest BCUT2D eigenvalue weighted by Gasteiger charge is 2.20. The van der Waals surface area contributed by atoms with Crippen LogP contribution in [0.3, 0.4) is 0 Å². The van der Waals surface area contributed by atoms with E-state index in [2.05, 4.69) is 199 Å². The first-order chi connectivity index (χ1) is 25.8. The number of nitrogens with zero attached hydrogens (tertiary/aromatic N) is 1. The zero-order valence-electron chi connectivity index (χ0n) is 28.6. The average molecular weight is 666 g/mol. The molecule has 0 fully saturated rings. The summed E-state index contributed by atoms with van der Waals surface area (Å²) in [7, 11) is 0. The van der Waals surface area contributed by atoms with Crippen LogP contribution >= 0.6 is 0 Å². The molecule has 8 aromatic carbocycles. The Morgan fingerprint density at radius 2 is 1.25 bits per heavy atom. The van der Waals surface area contributed by atoms with Gasteiger partial charge in [-0.3, -0.25) is 0 Å². The van der Waals surface area contributed by atoms with E-state index in [4.69, 9.17) is 4.42 Å². The minimum absolute atomic E-state index is 0.393. The molecule has 52 heavy (non-hydrogen) atoms. The van der Waals surface area contributed by atoms with Crippen LogP contribution < -0.4 is 4.90 Å². The predicted octanol–water partition coefficient (Wildman–Crippen LogP) is 14.3. The van der Waals surface area contributed by atoms with Crippen molar-refractivity contribution in [3.63, 3.8) is 0 Å². The lowest BCUT2D eigenvalue weighted by Gasteiger charge is -2.29. The molecule has 0 saturated heterocycles. The van der Waals surface area contributed by atoms with Crippen LogP contribution in [0.1, 0.15) is 17.9 Å². The zero-order chi connectivity index (χ0) is 34.4. The molecule has 0 radical (unpaired) electrons. The fraction of sp³-hybridized carbons (Fsp3) is 0.0400. The van der Waals surface area contributed by atoms with Gasteiger partial charge in [0.25, 0.3) is 0 Å². The molecular formula is C50H35NO. The molecule has 1 aliphatic rings. The van der Waals surface area contributed by atoms with Crippen LogP contribution in [0.2, 0.25) is 0 Å². The standard InChI is InChI=1S/C50H35NO/c1-2-11-34(12-3-1)36-23-27-42(28-24-36)51(43-17-10-16-39(32-43)40-22-21-35-13-4-5-15-38(35)31-40)48-20-9-8-18-44(48)41-26-30-49-47(33-41)46-29-25-37-14-6-7-19-45(37)50(46)52-49/h1-11,13-34H,12H2. The van der Waals surface area contributed by atoms with Crippen LogP contribution in [0.15, 0.2) is 199 Å². The largest absolute Gasteiger partial charge is 0.455 e. The van der Waals surface area contributed by atoms with Crippen molar-refractivity contribution in [1.29, 1.82) is 0 Å². The zero-order valence-corrected chi connectivity index (χ0v) is 28.6. The van der Waals surface area contributed by atoms with E-state index in [0.29, 0.717) is 5.92 Å². The van der Waals surface area contributed by atoms with Gasteiger partial charge in [0, 0.05) is 39.0 Å². The Bertz CT molecular complexity index is 2840. The quantitative estimate of drug-likeness (QED) is 0.176. The lowest BCUT2D eigenvalue weighted by molar-refractivity contribution is 0.672. The fourth-order valence-corrected chi connectivity index (χ4v) is 7.90. The number of benzene rings is 8. The van der Waals surface area contributed by atoms with E-state index in [9.17, 15) is 0 Å². The molecular weight excluding hydrogens is 631 g/mol. The maximum Gasteiger partial charge on any atom is 0.143 e. The Kier molecular flexibility index (Phi) is 7.32. The molecule has 0 bridgehead atoms. The molecule has 1 heterocycles. The summed E-state index contributed by atoms with van der Waals surface area (Å²) in [5, 5.41) is 7.07. The van der Waals surface area contributed by atoms with E-state index >= 15 is 0 Å². The molecule has 0 aliphatic heterocycles. The third-order valence-electron chi connectivity index (χ3n) is 10.6. The summed E-state index contributed by atoms with van der Waals surface area (Å²) >= 11 is 0. The normalized spacial score (nSPS) is 14.1.